The second-order valence-electron chi connectivity index (χ2n) is 5.47. The van der Waals surface area contributed by atoms with Crippen molar-refractivity contribution in [3.63, 3.8) is 0 Å². The van der Waals surface area contributed by atoms with Crippen molar-refractivity contribution in [2.24, 2.45) is 5.10 Å². The minimum absolute atomic E-state index is 0.206. The quantitative estimate of drug-likeness (QED) is 0.645. The fourth-order valence-electron chi connectivity index (χ4n) is 2.01. The minimum Gasteiger partial charge on any atom is -0.374 e. The Balaban J connectivity index is 1.90. The molecule has 0 aliphatic rings. The molecule has 0 radical (unpaired) electrons. The summed E-state index contributed by atoms with van der Waals surface area (Å²) in [5, 5.41) is 7.81. The van der Waals surface area contributed by atoms with Crippen LogP contribution in [0.3, 0.4) is 0 Å². The van der Waals surface area contributed by atoms with E-state index in [-0.39, 0.29) is 5.91 Å². The van der Waals surface area contributed by atoms with Gasteiger partial charge in [0.2, 0.25) is 0 Å². The number of benzene rings is 2. The molecule has 5 heteroatoms. The lowest BCUT2D eigenvalue weighted by Crippen LogP contribution is -2.35. The van der Waals surface area contributed by atoms with Crippen molar-refractivity contribution in [1.29, 1.82) is 0 Å². The van der Waals surface area contributed by atoms with Crippen LogP contribution >= 0.6 is 11.6 Å². The molecule has 0 fully saturated rings. The summed E-state index contributed by atoms with van der Waals surface area (Å²) < 4.78 is 0. The highest BCUT2D eigenvalue weighted by atomic mass is 35.5. The van der Waals surface area contributed by atoms with Gasteiger partial charge in [0.15, 0.2) is 0 Å². The molecule has 0 bridgehead atoms. The Kier molecular flexibility index (Phi) is 5.77. The zero-order chi connectivity index (χ0) is 16.8. The second-order valence-corrected chi connectivity index (χ2v) is 5.91. The average molecular weight is 330 g/mol. The first-order valence-electron chi connectivity index (χ1n) is 7.38. The van der Waals surface area contributed by atoms with E-state index in [1.54, 1.807) is 19.2 Å². The van der Waals surface area contributed by atoms with Gasteiger partial charge in [-0.05, 0) is 50.1 Å². The zero-order valence-electron chi connectivity index (χ0n) is 13.4. The van der Waals surface area contributed by atoms with Crippen molar-refractivity contribution in [2.75, 3.05) is 5.32 Å². The summed E-state index contributed by atoms with van der Waals surface area (Å²) in [6.07, 6.45) is 1.62. The number of hydrazone groups is 1. The predicted octanol–water partition coefficient (Wildman–Crippen LogP) is 3.91. The molecule has 1 atom stereocenters. The van der Waals surface area contributed by atoms with Crippen molar-refractivity contribution in [2.45, 2.75) is 26.8 Å². The lowest BCUT2D eigenvalue weighted by molar-refractivity contribution is -0.121. The van der Waals surface area contributed by atoms with Crippen LogP contribution in [0.2, 0.25) is 5.02 Å². The molecule has 2 aromatic carbocycles. The van der Waals surface area contributed by atoms with Crippen LogP contribution in [0.4, 0.5) is 5.69 Å². The lowest BCUT2D eigenvalue weighted by Gasteiger charge is -2.15. The third-order valence-electron chi connectivity index (χ3n) is 3.42. The first kappa shape index (κ1) is 17.0. The van der Waals surface area contributed by atoms with Gasteiger partial charge in [0, 0.05) is 10.7 Å². The van der Waals surface area contributed by atoms with Gasteiger partial charge in [-0.15, -0.1) is 0 Å². The van der Waals surface area contributed by atoms with Crippen LogP contribution in [0.15, 0.2) is 47.6 Å². The zero-order valence-corrected chi connectivity index (χ0v) is 14.2. The van der Waals surface area contributed by atoms with Crippen molar-refractivity contribution >= 4 is 29.4 Å². The first-order valence-corrected chi connectivity index (χ1v) is 7.76. The largest absolute Gasteiger partial charge is 0.374 e. The Labute approximate surface area is 141 Å². The molecule has 23 heavy (non-hydrogen) atoms. The molecule has 0 heterocycles. The van der Waals surface area contributed by atoms with Crippen LogP contribution in [0.1, 0.15) is 23.6 Å². The van der Waals surface area contributed by atoms with Gasteiger partial charge < -0.3 is 5.32 Å². The summed E-state index contributed by atoms with van der Waals surface area (Å²) in [5.41, 5.74) is 6.52. The minimum atomic E-state index is -0.412. The van der Waals surface area contributed by atoms with Crippen LogP contribution < -0.4 is 10.7 Å². The monoisotopic (exact) mass is 329 g/mol. The topological polar surface area (TPSA) is 53.5 Å². The van der Waals surface area contributed by atoms with Gasteiger partial charge in [-0.25, -0.2) is 5.43 Å². The number of carbonyl (C=O) groups is 1. The molecule has 0 aliphatic heterocycles. The number of nitrogens with one attached hydrogen (secondary N) is 2. The van der Waals surface area contributed by atoms with Crippen molar-refractivity contribution in [3.8, 4) is 0 Å². The number of rotatable bonds is 5. The maximum absolute atomic E-state index is 12.1. The number of nitrogens with zero attached hydrogens (tertiary/aromatic N) is 1. The van der Waals surface area contributed by atoms with E-state index in [1.165, 1.54) is 5.56 Å². The third-order valence-corrected chi connectivity index (χ3v) is 3.65. The molecule has 4 nitrogen and oxygen atoms in total. The molecule has 0 aliphatic carbocycles. The summed E-state index contributed by atoms with van der Waals surface area (Å²) in [6.45, 7) is 5.74. The molecule has 0 saturated carbocycles. The number of halogens is 1. The Morgan fingerprint density at radius 1 is 1.17 bits per heavy atom. The first-order chi connectivity index (χ1) is 11.0. The Bertz CT molecular complexity index is 711. The molecule has 0 saturated heterocycles. The molecular weight excluding hydrogens is 310 g/mol. The normalized spacial score (nSPS) is 12.2. The predicted molar refractivity (Wildman–Crippen MR) is 96.2 cm³/mol. The standard InChI is InChI=1S/C18H20ClN3O/c1-12-4-6-15(7-5-12)11-20-22-18(23)14(3)21-17-9-8-16(19)10-13(17)2/h4-11,14,21H,1-3H3,(H,22,23)/b20-11-/t14-/m1/s1. The van der Waals surface area contributed by atoms with E-state index in [0.29, 0.717) is 5.02 Å². The van der Waals surface area contributed by atoms with Crippen LogP contribution in [0.25, 0.3) is 0 Å². The average Bonchev–Trinajstić information content (AvgIpc) is 2.51. The Hall–Kier alpha value is -2.33. The molecule has 120 valence electrons. The van der Waals surface area contributed by atoms with Crippen LogP contribution in [-0.2, 0) is 4.79 Å². The van der Waals surface area contributed by atoms with Gasteiger partial charge in [0.25, 0.3) is 5.91 Å². The second kappa shape index (κ2) is 7.79. The number of carbonyl (C=O) groups excluding carboxylic acids is 1. The molecule has 1 amide bonds. The van der Waals surface area contributed by atoms with E-state index in [1.807, 2.05) is 50.2 Å². The summed E-state index contributed by atoms with van der Waals surface area (Å²) in [7, 11) is 0. The van der Waals surface area contributed by atoms with Gasteiger partial charge in [-0.3, -0.25) is 4.79 Å². The summed E-state index contributed by atoms with van der Waals surface area (Å²) in [6, 6.07) is 13.0. The van der Waals surface area contributed by atoms with E-state index < -0.39 is 6.04 Å². The van der Waals surface area contributed by atoms with Gasteiger partial charge in [-0.2, -0.15) is 5.10 Å². The maximum atomic E-state index is 12.1. The highest BCUT2D eigenvalue weighted by Crippen LogP contribution is 2.20. The maximum Gasteiger partial charge on any atom is 0.262 e. The molecule has 0 unspecified atom stereocenters. The van der Waals surface area contributed by atoms with Crippen LogP contribution in [0.5, 0.6) is 0 Å². The highest BCUT2D eigenvalue weighted by molar-refractivity contribution is 6.30. The van der Waals surface area contributed by atoms with E-state index in [2.05, 4.69) is 15.8 Å². The van der Waals surface area contributed by atoms with Crippen LogP contribution in [-0.4, -0.2) is 18.2 Å². The number of amides is 1. The summed E-state index contributed by atoms with van der Waals surface area (Å²) in [5.74, 6) is -0.206. The van der Waals surface area contributed by atoms with E-state index >= 15 is 0 Å². The van der Waals surface area contributed by atoms with Gasteiger partial charge in [0.1, 0.15) is 6.04 Å². The Morgan fingerprint density at radius 2 is 1.87 bits per heavy atom. The number of hydrogen-bond acceptors (Lipinski definition) is 3. The molecule has 0 aromatic heterocycles. The molecule has 2 rings (SSSR count). The molecule has 0 spiro atoms. The number of anilines is 1. The molecular formula is C18H20ClN3O. The SMILES string of the molecule is Cc1ccc(/C=N\NC(=O)[C@@H](C)Nc2ccc(Cl)cc2C)cc1. The van der Waals surface area contributed by atoms with Crippen LogP contribution in [0, 0.1) is 13.8 Å². The van der Waals surface area contributed by atoms with Crippen molar-refractivity contribution in [3.05, 3.63) is 64.2 Å². The van der Waals surface area contributed by atoms with Crippen molar-refractivity contribution < 1.29 is 4.79 Å². The fourth-order valence-corrected chi connectivity index (χ4v) is 2.23. The fraction of sp³-hybridized carbons (Fsp3) is 0.222. The van der Waals surface area contributed by atoms with Gasteiger partial charge >= 0.3 is 0 Å². The Morgan fingerprint density at radius 3 is 2.52 bits per heavy atom. The lowest BCUT2D eigenvalue weighted by atomic mass is 10.2. The van der Waals surface area contributed by atoms with E-state index in [0.717, 1.165) is 16.8 Å². The molecule has 2 aromatic rings. The number of hydrogen-bond donors (Lipinski definition) is 2. The van der Waals surface area contributed by atoms with Crippen molar-refractivity contribution in [1.82, 2.24) is 5.43 Å². The van der Waals surface area contributed by atoms with Gasteiger partial charge in [0.05, 0.1) is 6.21 Å². The smallest absolute Gasteiger partial charge is 0.262 e. The molecule has 2 N–H and O–H groups in total. The van der Waals surface area contributed by atoms with E-state index in [9.17, 15) is 4.79 Å². The number of aryl methyl sites for hydroxylation is 2. The van der Waals surface area contributed by atoms with E-state index in [4.69, 9.17) is 11.6 Å². The summed E-state index contributed by atoms with van der Waals surface area (Å²) >= 11 is 5.93. The van der Waals surface area contributed by atoms with Gasteiger partial charge in [-0.1, -0.05) is 41.4 Å². The highest BCUT2D eigenvalue weighted by Gasteiger charge is 2.12. The third kappa shape index (κ3) is 5.11. The summed E-state index contributed by atoms with van der Waals surface area (Å²) in [4.78, 5) is 12.1.